The normalized spacial score (nSPS) is 21.8. The van der Waals surface area contributed by atoms with E-state index in [2.05, 4.69) is 43.1 Å². The van der Waals surface area contributed by atoms with Crippen LogP contribution in [-0.4, -0.2) is 16.7 Å². The van der Waals surface area contributed by atoms with E-state index < -0.39 is 0 Å². The summed E-state index contributed by atoms with van der Waals surface area (Å²) in [6.07, 6.45) is 4.20. The Bertz CT molecular complexity index is 600. The third-order valence-electron chi connectivity index (χ3n) is 4.56. The lowest BCUT2D eigenvalue weighted by Crippen LogP contribution is -2.37. The molecule has 106 valence electrons. The van der Waals surface area contributed by atoms with E-state index in [-0.39, 0.29) is 12.0 Å². The van der Waals surface area contributed by atoms with Gasteiger partial charge in [-0.05, 0) is 44.2 Å². The molecule has 3 heteroatoms. The SMILES string of the molecule is Cc1nc(CC2(CO)CCCc3ccccc32)sc1C. The van der Waals surface area contributed by atoms with Crippen LogP contribution in [0.25, 0.3) is 0 Å². The molecule has 1 N–H and O–H groups in total. The van der Waals surface area contributed by atoms with Gasteiger partial charge in [-0.1, -0.05) is 24.3 Å². The molecule has 0 fully saturated rings. The van der Waals surface area contributed by atoms with Gasteiger partial charge in [-0.15, -0.1) is 11.3 Å². The van der Waals surface area contributed by atoms with Gasteiger partial charge in [0.05, 0.1) is 17.3 Å². The number of hydrogen-bond acceptors (Lipinski definition) is 3. The highest BCUT2D eigenvalue weighted by Gasteiger charge is 2.36. The van der Waals surface area contributed by atoms with E-state index >= 15 is 0 Å². The number of thiazole rings is 1. The molecule has 1 unspecified atom stereocenters. The fourth-order valence-electron chi connectivity index (χ4n) is 3.32. The number of aromatic nitrogens is 1. The molecule has 2 nitrogen and oxygen atoms in total. The van der Waals surface area contributed by atoms with Crippen molar-refractivity contribution in [3.8, 4) is 0 Å². The lowest BCUT2D eigenvalue weighted by molar-refractivity contribution is 0.173. The number of aliphatic hydroxyl groups is 1. The third-order valence-corrected chi connectivity index (χ3v) is 5.63. The molecule has 0 bridgehead atoms. The summed E-state index contributed by atoms with van der Waals surface area (Å²) in [4.78, 5) is 5.97. The van der Waals surface area contributed by atoms with E-state index in [1.807, 2.05) is 0 Å². The second kappa shape index (κ2) is 5.30. The number of rotatable bonds is 3. The van der Waals surface area contributed by atoms with Crippen molar-refractivity contribution < 1.29 is 5.11 Å². The van der Waals surface area contributed by atoms with Crippen LogP contribution in [0.1, 0.15) is 39.5 Å². The largest absolute Gasteiger partial charge is 0.395 e. The molecule has 0 saturated heterocycles. The average Bonchev–Trinajstić information content (AvgIpc) is 2.77. The van der Waals surface area contributed by atoms with E-state index in [9.17, 15) is 5.11 Å². The first kappa shape index (κ1) is 13.8. The quantitative estimate of drug-likeness (QED) is 0.936. The fourth-order valence-corrected chi connectivity index (χ4v) is 4.39. The Balaban J connectivity index is 2.00. The second-order valence-electron chi connectivity index (χ2n) is 5.88. The Labute approximate surface area is 124 Å². The molecule has 1 aliphatic rings. The van der Waals surface area contributed by atoms with Crippen molar-refractivity contribution in [3.05, 3.63) is 51.0 Å². The molecule has 1 aliphatic carbocycles. The van der Waals surface area contributed by atoms with E-state index in [4.69, 9.17) is 0 Å². The van der Waals surface area contributed by atoms with E-state index in [0.29, 0.717) is 0 Å². The maximum atomic E-state index is 10.1. The van der Waals surface area contributed by atoms with Crippen molar-refractivity contribution in [2.45, 2.75) is 44.9 Å². The predicted octanol–water partition coefficient (Wildman–Crippen LogP) is 3.57. The number of hydrogen-bond donors (Lipinski definition) is 1. The van der Waals surface area contributed by atoms with Gasteiger partial charge in [-0.2, -0.15) is 0 Å². The van der Waals surface area contributed by atoms with Gasteiger partial charge in [0, 0.05) is 16.7 Å². The van der Waals surface area contributed by atoms with Crippen LogP contribution in [0.2, 0.25) is 0 Å². The van der Waals surface area contributed by atoms with Crippen LogP contribution in [0.4, 0.5) is 0 Å². The molecular weight excluding hydrogens is 266 g/mol. The summed E-state index contributed by atoms with van der Waals surface area (Å²) in [6, 6.07) is 8.59. The molecule has 0 radical (unpaired) electrons. The molecular formula is C17H21NOS. The van der Waals surface area contributed by atoms with Gasteiger partial charge in [0.2, 0.25) is 0 Å². The monoisotopic (exact) mass is 287 g/mol. The van der Waals surface area contributed by atoms with Crippen molar-refractivity contribution >= 4 is 11.3 Å². The molecule has 0 saturated carbocycles. The summed E-state index contributed by atoms with van der Waals surface area (Å²) in [5.41, 5.74) is 3.73. The minimum atomic E-state index is -0.133. The topological polar surface area (TPSA) is 33.1 Å². The van der Waals surface area contributed by atoms with Gasteiger partial charge in [0.1, 0.15) is 0 Å². The third kappa shape index (κ3) is 2.29. The maximum absolute atomic E-state index is 10.1. The van der Waals surface area contributed by atoms with Gasteiger partial charge >= 0.3 is 0 Å². The van der Waals surface area contributed by atoms with Crippen LogP contribution in [0, 0.1) is 13.8 Å². The first-order chi connectivity index (χ1) is 9.64. The minimum Gasteiger partial charge on any atom is -0.395 e. The molecule has 20 heavy (non-hydrogen) atoms. The molecule has 0 amide bonds. The zero-order chi connectivity index (χ0) is 14.2. The Morgan fingerprint density at radius 1 is 1.30 bits per heavy atom. The zero-order valence-corrected chi connectivity index (χ0v) is 13.0. The molecule has 1 aromatic heterocycles. The molecule has 1 aromatic carbocycles. The van der Waals surface area contributed by atoms with Crippen LogP contribution >= 0.6 is 11.3 Å². The molecule has 1 atom stereocenters. The smallest absolute Gasteiger partial charge is 0.0940 e. The maximum Gasteiger partial charge on any atom is 0.0940 e. The molecule has 1 heterocycles. The Hall–Kier alpha value is -1.19. The van der Waals surface area contributed by atoms with Gasteiger partial charge in [-0.25, -0.2) is 4.98 Å². The van der Waals surface area contributed by atoms with Crippen molar-refractivity contribution in [1.82, 2.24) is 4.98 Å². The van der Waals surface area contributed by atoms with Crippen LogP contribution < -0.4 is 0 Å². The Morgan fingerprint density at radius 3 is 2.80 bits per heavy atom. The van der Waals surface area contributed by atoms with E-state index in [0.717, 1.165) is 36.4 Å². The number of aryl methyl sites for hydroxylation is 3. The van der Waals surface area contributed by atoms with Gasteiger partial charge in [0.15, 0.2) is 0 Å². The number of nitrogens with zero attached hydrogens (tertiary/aromatic N) is 1. The van der Waals surface area contributed by atoms with Crippen LogP contribution in [-0.2, 0) is 18.3 Å². The lowest BCUT2D eigenvalue weighted by Gasteiger charge is -2.37. The Kier molecular flexibility index (Phi) is 3.65. The first-order valence-electron chi connectivity index (χ1n) is 7.27. The first-order valence-corrected chi connectivity index (χ1v) is 8.08. The summed E-state index contributed by atoms with van der Waals surface area (Å²) < 4.78 is 0. The van der Waals surface area contributed by atoms with Gasteiger partial charge in [-0.3, -0.25) is 0 Å². The fraction of sp³-hybridized carbons (Fsp3) is 0.471. The highest BCUT2D eigenvalue weighted by molar-refractivity contribution is 7.11. The van der Waals surface area contributed by atoms with Crippen molar-refractivity contribution in [2.24, 2.45) is 0 Å². The average molecular weight is 287 g/mol. The van der Waals surface area contributed by atoms with Crippen LogP contribution in [0.5, 0.6) is 0 Å². The molecule has 3 rings (SSSR count). The summed E-state index contributed by atoms with van der Waals surface area (Å²) >= 11 is 1.77. The summed E-state index contributed by atoms with van der Waals surface area (Å²) in [5.74, 6) is 0. The second-order valence-corrected chi connectivity index (χ2v) is 7.16. The highest BCUT2D eigenvalue weighted by atomic mass is 32.1. The van der Waals surface area contributed by atoms with Gasteiger partial charge in [0.25, 0.3) is 0 Å². The molecule has 0 spiro atoms. The Morgan fingerprint density at radius 2 is 2.10 bits per heavy atom. The van der Waals surface area contributed by atoms with Crippen molar-refractivity contribution in [3.63, 3.8) is 0 Å². The number of benzene rings is 1. The summed E-state index contributed by atoms with van der Waals surface area (Å²) in [5, 5.41) is 11.3. The summed E-state index contributed by atoms with van der Waals surface area (Å²) in [7, 11) is 0. The molecule has 2 aromatic rings. The molecule has 0 aliphatic heterocycles. The summed E-state index contributed by atoms with van der Waals surface area (Å²) in [6.45, 7) is 4.40. The van der Waals surface area contributed by atoms with Crippen LogP contribution in [0.15, 0.2) is 24.3 Å². The van der Waals surface area contributed by atoms with Crippen molar-refractivity contribution in [2.75, 3.05) is 6.61 Å². The van der Waals surface area contributed by atoms with E-state index in [1.54, 1.807) is 11.3 Å². The van der Waals surface area contributed by atoms with E-state index in [1.165, 1.54) is 16.0 Å². The van der Waals surface area contributed by atoms with Crippen LogP contribution in [0.3, 0.4) is 0 Å². The predicted molar refractivity (Wildman–Crippen MR) is 83.4 cm³/mol. The standard InChI is InChI=1S/C17H21NOS/c1-12-13(2)20-16(18-12)10-17(11-19)9-5-7-14-6-3-4-8-15(14)17/h3-4,6,8,19H,5,7,9-11H2,1-2H3. The number of fused-ring (bicyclic) bond motifs is 1. The lowest BCUT2D eigenvalue weighted by atomic mass is 9.68. The number of aliphatic hydroxyl groups excluding tert-OH is 1. The van der Waals surface area contributed by atoms with Crippen molar-refractivity contribution in [1.29, 1.82) is 0 Å². The zero-order valence-electron chi connectivity index (χ0n) is 12.1. The minimum absolute atomic E-state index is 0.133. The highest BCUT2D eigenvalue weighted by Crippen LogP contribution is 2.40. The van der Waals surface area contributed by atoms with Gasteiger partial charge < -0.3 is 5.11 Å².